The van der Waals surface area contributed by atoms with Crippen LogP contribution in [0.25, 0.3) is 17.1 Å². The lowest BCUT2D eigenvalue weighted by Gasteiger charge is -2.20. The highest BCUT2D eigenvalue weighted by Gasteiger charge is 2.26. The van der Waals surface area contributed by atoms with Crippen LogP contribution in [0.15, 0.2) is 55.0 Å². The normalized spacial score (nSPS) is 14.5. The number of amides is 1. The van der Waals surface area contributed by atoms with Crippen molar-refractivity contribution in [1.29, 1.82) is 0 Å². The van der Waals surface area contributed by atoms with Crippen molar-refractivity contribution in [1.82, 2.24) is 29.8 Å². The monoisotopic (exact) mass is 399 g/mol. The van der Waals surface area contributed by atoms with Crippen molar-refractivity contribution in [3.63, 3.8) is 0 Å². The van der Waals surface area contributed by atoms with E-state index < -0.39 is 0 Å². The maximum absolute atomic E-state index is 13.0. The topological polar surface area (TPSA) is 99.7 Å². The molecule has 3 heterocycles. The second-order valence-corrected chi connectivity index (χ2v) is 7.44. The molecule has 1 N–H and O–H groups in total. The molecule has 148 valence electrons. The Morgan fingerprint density at radius 3 is 2.97 bits per heavy atom. The Hall–Kier alpha value is -4.01. The van der Waals surface area contributed by atoms with Crippen LogP contribution in [0.3, 0.4) is 0 Å². The number of carbonyl (C=O) groups excluding carboxylic acids is 1. The van der Waals surface area contributed by atoms with Gasteiger partial charge in [-0.15, -0.1) is 5.10 Å². The van der Waals surface area contributed by atoms with Crippen LogP contribution >= 0.6 is 0 Å². The average molecular weight is 399 g/mol. The van der Waals surface area contributed by atoms with E-state index in [-0.39, 0.29) is 12.6 Å². The summed E-state index contributed by atoms with van der Waals surface area (Å²) in [5, 5.41) is 14.6. The summed E-state index contributed by atoms with van der Waals surface area (Å²) in [6.07, 6.45) is 6.25. The fraction of sp³-hybridized carbons (Fsp3) is 0.190. The summed E-state index contributed by atoms with van der Waals surface area (Å²) in [6, 6.07) is 13.0. The number of aromatic nitrogens is 6. The molecule has 0 saturated heterocycles. The van der Waals surface area contributed by atoms with Crippen molar-refractivity contribution in [3.05, 3.63) is 66.2 Å². The number of rotatable bonds is 4. The predicted octanol–water partition coefficient (Wildman–Crippen LogP) is 3.01. The van der Waals surface area contributed by atoms with Gasteiger partial charge in [-0.05, 0) is 53.6 Å². The number of hydrogen-bond acceptors (Lipinski definition) is 6. The van der Waals surface area contributed by atoms with Crippen molar-refractivity contribution in [3.8, 4) is 22.8 Å². The number of hydrogen-bond donors (Lipinski definition) is 1. The van der Waals surface area contributed by atoms with Gasteiger partial charge in [-0.3, -0.25) is 4.79 Å². The van der Waals surface area contributed by atoms with Crippen LogP contribution in [0.2, 0.25) is 0 Å². The first-order valence-corrected chi connectivity index (χ1v) is 9.74. The van der Waals surface area contributed by atoms with Gasteiger partial charge in [0.05, 0.1) is 23.3 Å². The summed E-state index contributed by atoms with van der Waals surface area (Å²) in [5.74, 6) is 1.54. The fourth-order valence-corrected chi connectivity index (χ4v) is 3.65. The minimum atomic E-state index is -0.221. The van der Waals surface area contributed by atoms with Crippen LogP contribution in [0.5, 0.6) is 5.75 Å². The van der Waals surface area contributed by atoms with Crippen LogP contribution in [-0.4, -0.2) is 35.7 Å². The fourth-order valence-electron chi connectivity index (χ4n) is 3.65. The zero-order chi connectivity index (χ0) is 20.1. The summed E-state index contributed by atoms with van der Waals surface area (Å²) in [6.45, 7) is 0.196. The summed E-state index contributed by atoms with van der Waals surface area (Å²) in [4.78, 5) is 17.5. The summed E-state index contributed by atoms with van der Waals surface area (Å²) >= 11 is 0. The smallest absolute Gasteiger partial charge is 0.255 e. The number of anilines is 1. The van der Waals surface area contributed by atoms with Gasteiger partial charge in [0, 0.05) is 23.4 Å². The van der Waals surface area contributed by atoms with Crippen LogP contribution in [0.1, 0.15) is 34.8 Å². The van der Waals surface area contributed by atoms with Gasteiger partial charge in [-0.25, -0.2) is 4.98 Å². The third kappa shape index (κ3) is 2.83. The van der Waals surface area contributed by atoms with Crippen molar-refractivity contribution in [2.45, 2.75) is 25.5 Å². The molecular weight excluding hydrogens is 382 g/mol. The molecule has 1 fully saturated rings. The molecule has 0 atom stereocenters. The van der Waals surface area contributed by atoms with Crippen molar-refractivity contribution in [2.75, 3.05) is 5.32 Å². The van der Waals surface area contributed by atoms with E-state index in [1.165, 1.54) is 12.8 Å². The minimum Gasteiger partial charge on any atom is -0.468 e. The SMILES string of the molecule is O=C(Nc1cccc2c1OCn1nnnc1-2)c1cccc(-n2cnc(C3CC3)c2)c1. The lowest BCUT2D eigenvalue weighted by Crippen LogP contribution is -2.18. The summed E-state index contributed by atoms with van der Waals surface area (Å²) in [5.41, 5.74) is 3.87. The molecule has 0 bridgehead atoms. The van der Waals surface area contributed by atoms with Gasteiger partial charge < -0.3 is 14.6 Å². The van der Waals surface area contributed by atoms with Crippen LogP contribution in [0.4, 0.5) is 5.69 Å². The molecule has 0 unspecified atom stereocenters. The van der Waals surface area contributed by atoms with E-state index in [0.29, 0.717) is 28.7 Å². The molecule has 2 aliphatic rings. The number of fused-ring (bicyclic) bond motifs is 3. The van der Waals surface area contributed by atoms with Gasteiger partial charge in [0.25, 0.3) is 5.91 Å². The lowest BCUT2D eigenvalue weighted by atomic mass is 10.1. The number of nitrogens with zero attached hydrogens (tertiary/aromatic N) is 6. The van der Waals surface area contributed by atoms with Crippen LogP contribution < -0.4 is 10.1 Å². The quantitative estimate of drug-likeness (QED) is 0.566. The Morgan fingerprint density at radius 1 is 1.17 bits per heavy atom. The second kappa shape index (κ2) is 6.51. The molecular formula is C21H17N7O2. The van der Waals surface area contributed by atoms with E-state index in [0.717, 1.165) is 16.9 Å². The Labute approximate surface area is 171 Å². The maximum atomic E-state index is 13.0. The maximum Gasteiger partial charge on any atom is 0.255 e. The molecule has 30 heavy (non-hydrogen) atoms. The molecule has 1 aliphatic carbocycles. The third-order valence-electron chi connectivity index (χ3n) is 5.37. The van der Waals surface area contributed by atoms with Crippen molar-refractivity contribution < 1.29 is 9.53 Å². The number of benzene rings is 2. The van der Waals surface area contributed by atoms with Crippen molar-refractivity contribution >= 4 is 11.6 Å². The molecule has 9 nitrogen and oxygen atoms in total. The van der Waals surface area contributed by atoms with Crippen LogP contribution in [-0.2, 0) is 6.73 Å². The van der Waals surface area contributed by atoms with E-state index in [1.54, 1.807) is 23.1 Å². The number of ether oxygens (including phenoxy) is 1. The number of imidazole rings is 1. The van der Waals surface area contributed by atoms with E-state index in [2.05, 4.69) is 25.8 Å². The van der Waals surface area contributed by atoms with Crippen LogP contribution in [0, 0.1) is 0 Å². The standard InChI is InChI=1S/C21H17N7O2/c29-21(14-3-1-4-15(9-14)27-10-18(22-11-27)13-7-8-13)23-17-6-2-5-16-19(17)30-12-28-20(16)24-25-26-28/h1-6,9-11,13H,7-8,12H2,(H,23,29). The zero-order valence-corrected chi connectivity index (χ0v) is 15.9. The highest BCUT2D eigenvalue weighted by molar-refractivity contribution is 6.06. The molecule has 6 rings (SSSR count). The third-order valence-corrected chi connectivity index (χ3v) is 5.37. The second-order valence-electron chi connectivity index (χ2n) is 7.44. The molecule has 0 radical (unpaired) electrons. The van der Waals surface area contributed by atoms with E-state index >= 15 is 0 Å². The molecule has 9 heteroatoms. The Kier molecular flexibility index (Phi) is 3.67. The first kappa shape index (κ1) is 16.9. The molecule has 0 spiro atoms. The zero-order valence-electron chi connectivity index (χ0n) is 15.9. The molecule has 4 aromatic rings. The summed E-state index contributed by atoms with van der Waals surface area (Å²) < 4.78 is 9.32. The van der Waals surface area contributed by atoms with Gasteiger partial charge in [0.15, 0.2) is 18.3 Å². The van der Waals surface area contributed by atoms with E-state index in [4.69, 9.17) is 4.74 Å². The lowest BCUT2D eigenvalue weighted by molar-refractivity contribution is 0.102. The largest absolute Gasteiger partial charge is 0.468 e. The first-order valence-electron chi connectivity index (χ1n) is 9.74. The number of para-hydroxylation sites is 1. The van der Waals surface area contributed by atoms with E-state index in [1.807, 2.05) is 41.1 Å². The number of tetrazole rings is 1. The highest BCUT2D eigenvalue weighted by Crippen LogP contribution is 2.39. The Bertz CT molecular complexity index is 1270. The number of carbonyl (C=O) groups is 1. The minimum absolute atomic E-state index is 0.196. The van der Waals surface area contributed by atoms with E-state index in [9.17, 15) is 4.79 Å². The average Bonchev–Trinajstić information content (AvgIpc) is 3.31. The molecule has 1 amide bonds. The summed E-state index contributed by atoms with van der Waals surface area (Å²) in [7, 11) is 0. The van der Waals surface area contributed by atoms with Gasteiger partial charge >= 0.3 is 0 Å². The Morgan fingerprint density at radius 2 is 2.07 bits per heavy atom. The number of nitrogens with one attached hydrogen (secondary N) is 1. The van der Waals surface area contributed by atoms with Crippen molar-refractivity contribution in [2.24, 2.45) is 0 Å². The molecule has 1 saturated carbocycles. The van der Waals surface area contributed by atoms with Gasteiger partial charge in [0.2, 0.25) is 0 Å². The molecule has 1 aliphatic heterocycles. The van der Waals surface area contributed by atoms with Gasteiger partial charge in [-0.2, -0.15) is 4.68 Å². The highest BCUT2D eigenvalue weighted by atomic mass is 16.5. The predicted molar refractivity (Wildman–Crippen MR) is 107 cm³/mol. The van der Waals surface area contributed by atoms with Gasteiger partial charge in [0.1, 0.15) is 0 Å². The first-order chi connectivity index (χ1) is 14.8. The van der Waals surface area contributed by atoms with Gasteiger partial charge in [-0.1, -0.05) is 12.1 Å². The molecule has 2 aromatic heterocycles. The Balaban J connectivity index is 1.28. The molecule has 2 aromatic carbocycles.